The molecular weight excluding hydrogens is 489 g/mol. The van der Waals surface area contributed by atoms with Crippen molar-refractivity contribution in [2.24, 2.45) is 10.9 Å². The van der Waals surface area contributed by atoms with Crippen LogP contribution in [0.15, 0.2) is 17.1 Å². The third-order valence-corrected chi connectivity index (χ3v) is 4.85. The molecule has 1 aromatic rings. The Labute approximate surface area is 189 Å². The Morgan fingerprint density at radius 3 is 2.28 bits per heavy atom. The van der Waals surface area contributed by atoms with E-state index in [2.05, 4.69) is 10.2 Å². The monoisotopic (exact) mass is 521 g/mol. The third-order valence-electron chi connectivity index (χ3n) is 4.85. The maximum absolute atomic E-state index is 11.7. The first-order chi connectivity index (χ1) is 13.6. The van der Waals surface area contributed by atoms with E-state index < -0.39 is 0 Å². The van der Waals surface area contributed by atoms with Crippen LogP contribution in [0.25, 0.3) is 0 Å². The summed E-state index contributed by atoms with van der Waals surface area (Å²) in [5.41, 5.74) is 0.903. The number of halogens is 1. The molecule has 8 nitrogen and oxygen atoms in total. The van der Waals surface area contributed by atoms with Crippen LogP contribution in [0.5, 0.6) is 17.2 Å². The second-order valence-corrected chi connectivity index (χ2v) is 6.45. The standard InChI is InChI=1S/C20H31N3O5.HI/c1-6-21-20(23-11-9-14(10-12-23)19(24)28-5)22-13-15-7-8-16(25-2)18(27-4)17(15)26-3;/h7-8,14H,6,9-13H2,1-5H3,(H,21,22);1H. The summed E-state index contributed by atoms with van der Waals surface area (Å²) in [5, 5.41) is 3.33. The predicted octanol–water partition coefficient (Wildman–Crippen LogP) is 2.68. The minimum Gasteiger partial charge on any atom is -0.493 e. The van der Waals surface area contributed by atoms with E-state index in [1.165, 1.54) is 7.11 Å². The van der Waals surface area contributed by atoms with Gasteiger partial charge in [0, 0.05) is 25.2 Å². The molecule has 0 aromatic heterocycles. The number of ether oxygens (including phenoxy) is 4. The highest BCUT2D eigenvalue weighted by atomic mass is 127. The van der Waals surface area contributed by atoms with Crippen LogP contribution < -0.4 is 19.5 Å². The maximum Gasteiger partial charge on any atom is 0.308 e. The lowest BCUT2D eigenvalue weighted by Crippen LogP contribution is -2.46. The smallest absolute Gasteiger partial charge is 0.308 e. The van der Waals surface area contributed by atoms with Gasteiger partial charge >= 0.3 is 5.97 Å². The Morgan fingerprint density at radius 2 is 1.76 bits per heavy atom. The number of nitrogens with one attached hydrogen (secondary N) is 1. The van der Waals surface area contributed by atoms with Gasteiger partial charge in [0.05, 0.1) is 40.9 Å². The lowest BCUT2D eigenvalue weighted by molar-refractivity contribution is -0.146. The summed E-state index contributed by atoms with van der Waals surface area (Å²) in [6.07, 6.45) is 1.52. The number of aliphatic imine (C=N–C) groups is 1. The second-order valence-electron chi connectivity index (χ2n) is 6.45. The molecule has 29 heavy (non-hydrogen) atoms. The molecule has 1 heterocycles. The Morgan fingerprint density at radius 1 is 1.10 bits per heavy atom. The van der Waals surface area contributed by atoms with Gasteiger partial charge in [-0.15, -0.1) is 24.0 Å². The summed E-state index contributed by atoms with van der Waals surface area (Å²) in [4.78, 5) is 18.7. The predicted molar refractivity (Wildman–Crippen MR) is 123 cm³/mol. The van der Waals surface area contributed by atoms with Crippen LogP contribution in [0.3, 0.4) is 0 Å². The molecule has 0 saturated carbocycles. The molecule has 0 spiro atoms. The Balaban J connectivity index is 0.00000420. The number of nitrogens with zero attached hydrogens (tertiary/aromatic N) is 2. The molecule has 9 heteroatoms. The molecule has 2 rings (SSSR count). The van der Waals surface area contributed by atoms with Crippen molar-refractivity contribution in [3.8, 4) is 17.2 Å². The average molecular weight is 521 g/mol. The Bertz CT molecular complexity index is 691. The number of hydrogen-bond donors (Lipinski definition) is 1. The number of carbonyl (C=O) groups is 1. The average Bonchev–Trinajstić information content (AvgIpc) is 2.75. The Kier molecular flexibility index (Phi) is 10.9. The third kappa shape index (κ3) is 6.28. The summed E-state index contributed by atoms with van der Waals surface area (Å²) in [6, 6.07) is 3.78. The van der Waals surface area contributed by atoms with Crippen LogP contribution in [0.1, 0.15) is 25.3 Å². The summed E-state index contributed by atoms with van der Waals surface area (Å²) in [7, 11) is 6.23. The van der Waals surface area contributed by atoms with Gasteiger partial charge < -0.3 is 29.2 Å². The van der Waals surface area contributed by atoms with Crippen molar-refractivity contribution >= 4 is 35.9 Å². The number of guanidine groups is 1. The lowest BCUT2D eigenvalue weighted by atomic mass is 9.97. The molecule has 0 atom stereocenters. The molecule has 0 amide bonds. The van der Waals surface area contributed by atoms with Crippen molar-refractivity contribution in [3.05, 3.63) is 17.7 Å². The quantitative estimate of drug-likeness (QED) is 0.256. The van der Waals surface area contributed by atoms with E-state index in [0.29, 0.717) is 23.8 Å². The van der Waals surface area contributed by atoms with Crippen molar-refractivity contribution in [1.82, 2.24) is 10.2 Å². The summed E-state index contributed by atoms with van der Waals surface area (Å²) in [5.74, 6) is 2.45. The SMILES string of the molecule is CCNC(=NCc1ccc(OC)c(OC)c1OC)N1CCC(C(=O)OC)CC1.I. The first-order valence-corrected chi connectivity index (χ1v) is 9.48. The number of benzene rings is 1. The van der Waals surface area contributed by atoms with E-state index in [9.17, 15) is 4.79 Å². The molecule has 1 aliphatic rings. The molecule has 1 saturated heterocycles. The Hall–Kier alpha value is -1.91. The number of hydrogen-bond acceptors (Lipinski definition) is 6. The zero-order chi connectivity index (χ0) is 20.5. The summed E-state index contributed by atoms with van der Waals surface area (Å²) < 4.78 is 21.2. The van der Waals surface area contributed by atoms with Crippen LogP contribution in [0.2, 0.25) is 0 Å². The maximum atomic E-state index is 11.7. The molecule has 164 valence electrons. The summed E-state index contributed by atoms with van der Waals surface area (Å²) in [6.45, 7) is 4.75. The van der Waals surface area contributed by atoms with Crippen molar-refractivity contribution in [2.45, 2.75) is 26.3 Å². The highest BCUT2D eigenvalue weighted by molar-refractivity contribution is 14.0. The van der Waals surface area contributed by atoms with E-state index in [1.54, 1.807) is 21.3 Å². The van der Waals surface area contributed by atoms with Crippen molar-refractivity contribution in [3.63, 3.8) is 0 Å². The first kappa shape index (κ1) is 25.1. The highest BCUT2D eigenvalue weighted by Crippen LogP contribution is 2.40. The molecular formula is C20H32IN3O5. The number of piperidine rings is 1. The topological polar surface area (TPSA) is 81.6 Å². The van der Waals surface area contributed by atoms with Gasteiger partial charge in [-0.05, 0) is 31.9 Å². The van der Waals surface area contributed by atoms with E-state index in [4.69, 9.17) is 23.9 Å². The second kappa shape index (κ2) is 12.6. The van der Waals surface area contributed by atoms with Crippen molar-refractivity contribution < 1.29 is 23.7 Å². The number of rotatable bonds is 7. The van der Waals surface area contributed by atoms with Gasteiger partial charge in [0.1, 0.15) is 0 Å². The van der Waals surface area contributed by atoms with E-state index in [0.717, 1.165) is 44.0 Å². The van der Waals surface area contributed by atoms with Gasteiger partial charge in [0.15, 0.2) is 17.5 Å². The fraction of sp³-hybridized carbons (Fsp3) is 0.600. The molecule has 1 aromatic carbocycles. The van der Waals surface area contributed by atoms with Crippen LogP contribution in [0, 0.1) is 5.92 Å². The molecule has 1 aliphatic heterocycles. The fourth-order valence-corrected chi connectivity index (χ4v) is 3.37. The molecule has 0 radical (unpaired) electrons. The van der Waals surface area contributed by atoms with Gasteiger partial charge in [-0.1, -0.05) is 0 Å². The van der Waals surface area contributed by atoms with Gasteiger partial charge in [0.2, 0.25) is 5.75 Å². The fourth-order valence-electron chi connectivity index (χ4n) is 3.37. The van der Waals surface area contributed by atoms with Crippen LogP contribution in [-0.2, 0) is 16.1 Å². The molecule has 1 N–H and O–H groups in total. The van der Waals surface area contributed by atoms with Gasteiger partial charge in [0.25, 0.3) is 0 Å². The van der Waals surface area contributed by atoms with Gasteiger partial charge in [-0.3, -0.25) is 4.79 Å². The number of methoxy groups -OCH3 is 4. The molecule has 0 bridgehead atoms. The number of esters is 1. The van der Waals surface area contributed by atoms with Gasteiger partial charge in [-0.2, -0.15) is 0 Å². The van der Waals surface area contributed by atoms with Gasteiger partial charge in [-0.25, -0.2) is 4.99 Å². The van der Waals surface area contributed by atoms with Crippen molar-refractivity contribution in [2.75, 3.05) is 48.1 Å². The number of likely N-dealkylation sites (tertiary alicyclic amines) is 1. The van der Waals surface area contributed by atoms with Crippen LogP contribution >= 0.6 is 24.0 Å². The van der Waals surface area contributed by atoms with Crippen LogP contribution in [-0.4, -0.2) is 64.9 Å². The minimum atomic E-state index is -0.128. The normalized spacial score (nSPS) is 14.7. The minimum absolute atomic E-state index is 0. The number of carbonyl (C=O) groups excluding carboxylic acids is 1. The zero-order valence-corrected chi connectivity index (χ0v) is 20.1. The van der Waals surface area contributed by atoms with Crippen molar-refractivity contribution in [1.29, 1.82) is 0 Å². The molecule has 1 fully saturated rings. The molecule has 0 aliphatic carbocycles. The highest BCUT2D eigenvalue weighted by Gasteiger charge is 2.27. The van der Waals surface area contributed by atoms with Crippen LogP contribution in [0.4, 0.5) is 0 Å². The first-order valence-electron chi connectivity index (χ1n) is 9.48. The molecule has 0 unspecified atom stereocenters. The largest absolute Gasteiger partial charge is 0.493 e. The lowest BCUT2D eigenvalue weighted by Gasteiger charge is -2.33. The van der Waals surface area contributed by atoms with E-state index in [-0.39, 0.29) is 35.9 Å². The zero-order valence-electron chi connectivity index (χ0n) is 17.8. The van der Waals surface area contributed by atoms with E-state index >= 15 is 0 Å². The summed E-state index contributed by atoms with van der Waals surface area (Å²) >= 11 is 0. The van der Waals surface area contributed by atoms with E-state index in [1.807, 2.05) is 19.1 Å².